The maximum absolute atomic E-state index is 14.5. The number of halogens is 2. The second-order valence-electron chi connectivity index (χ2n) is 18.2. The molecule has 1 aliphatic carbocycles. The Hall–Kier alpha value is -5.03. The Labute approximate surface area is 354 Å². The van der Waals surface area contributed by atoms with Gasteiger partial charge in [0.15, 0.2) is 11.5 Å². The lowest BCUT2D eigenvalue weighted by molar-refractivity contribution is -0.120. The number of morpholine rings is 1. The monoisotopic (exact) mass is 842 g/mol. The van der Waals surface area contributed by atoms with Crippen LogP contribution in [0.15, 0.2) is 53.6 Å². The van der Waals surface area contributed by atoms with Gasteiger partial charge in [-0.2, -0.15) is 5.10 Å². The summed E-state index contributed by atoms with van der Waals surface area (Å²) in [6.07, 6.45) is 16.3. The van der Waals surface area contributed by atoms with Crippen LogP contribution < -0.4 is 20.0 Å². The number of hydrogen-bond acceptors (Lipinski definition) is 11. The summed E-state index contributed by atoms with van der Waals surface area (Å²) in [7, 11) is 1.52. The second-order valence-corrected chi connectivity index (χ2v) is 18.2. The van der Waals surface area contributed by atoms with E-state index >= 15 is 0 Å². The van der Waals surface area contributed by atoms with Crippen molar-refractivity contribution in [3.63, 3.8) is 0 Å². The second kappa shape index (κ2) is 16.3. The molecule has 0 radical (unpaired) electrons. The molecule has 1 aromatic heterocycles. The van der Waals surface area contributed by atoms with Gasteiger partial charge in [0.1, 0.15) is 17.3 Å². The molecule has 6 fully saturated rings. The minimum atomic E-state index is -2.69. The highest BCUT2D eigenvalue weighted by Gasteiger charge is 2.41. The Morgan fingerprint density at radius 2 is 1.72 bits per heavy atom. The maximum Gasteiger partial charge on any atom is 0.328 e. The molecule has 2 unspecified atom stereocenters. The van der Waals surface area contributed by atoms with Crippen molar-refractivity contribution in [3.05, 3.63) is 59.8 Å². The van der Waals surface area contributed by atoms with E-state index in [1.165, 1.54) is 24.9 Å². The third-order valence-corrected chi connectivity index (χ3v) is 14.6. The predicted molar refractivity (Wildman–Crippen MR) is 223 cm³/mol. The SMILES string of the molecule is COc1ccc(C(=O)N2CCC3(CCC(CN4CCC(n5cc(N6CC=C7N=C(N8CC9CCC(C8)O9)C=CN76)c(C(F)F)n5)CC4)CC3)CC2)cc1N1CCC(=O)NC1=O. The van der Waals surface area contributed by atoms with Crippen molar-refractivity contribution in [1.82, 2.24) is 34.8 Å². The van der Waals surface area contributed by atoms with E-state index in [-0.39, 0.29) is 54.1 Å². The molecule has 2 bridgehead atoms. The summed E-state index contributed by atoms with van der Waals surface area (Å²) in [6.45, 7) is 6.63. The van der Waals surface area contributed by atoms with E-state index in [1.54, 1.807) is 22.9 Å². The van der Waals surface area contributed by atoms with Gasteiger partial charge in [0.2, 0.25) is 5.91 Å². The highest BCUT2D eigenvalue weighted by Crippen LogP contribution is 2.47. The van der Waals surface area contributed by atoms with Gasteiger partial charge in [0.25, 0.3) is 12.3 Å². The number of nitrogens with one attached hydrogen (secondary N) is 1. The summed E-state index contributed by atoms with van der Waals surface area (Å²) in [5.74, 6) is 2.38. The van der Waals surface area contributed by atoms with Crippen LogP contribution in [0.2, 0.25) is 0 Å². The normalized spacial score (nSPS) is 26.0. The van der Waals surface area contributed by atoms with Gasteiger partial charge in [0, 0.05) is 70.5 Å². The topological polar surface area (TPSA) is 131 Å². The molecule has 1 spiro atoms. The Bertz CT molecular complexity index is 2100. The number of hydrazine groups is 1. The number of hydrogen-bond donors (Lipinski definition) is 1. The molecule has 1 aromatic carbocycles. The van der Waals surface area contributed by atoms with E-state index in [0.29, 0.717) is 48.2 Å². The molecule has 8 heterocycles. The molecule has 2 atom stereocenters. The Kier molecular flexibility index (Phi) is 10.7. The molecular weight excluding hydrogens is 787 g/mol. The van der Waals surface area contributed by atoms with Crippen molar-refractivity contribution in [2.45, 2.75) is 95.3 Å². The van der Waals surface area contributed by atoms with Crippen LogP contribution in [0, 0.1) is 11.3 Å². The first-order valence-corrected chi connectivity index (χ1v) is 22.2. The first-order chi connectivity index (χ1) is 29.6. The Morgan fingerprint density at radius 3 is 2.43 bits per heavy atom. The number of fused-ring (bicyclic) bond motifs is 3. The zero-order valence-corrected chi connectivity index (χ0v) is 34.9. The van der Waals surface area contributed by atoms with Crippen molar-refractivity contribution in [2.24, 2.45) is 16.3 Å². The number of amidine groups is 1. The summed E-state index contributed by atoms with van der Waals surface area (Å²) in [4.78, 5) is 51.2. The van der Waals surface area contributed by atoms with Crippen LogP contribution in [0.4, 0.5) is 25.0 Å². The summed E-state index contributed by atoms with van der Waals surface area (Å²) in [6, 6.07) is 4.72. The fraction of sp³-hybridized carbons (Fsp3) is 0.614. The van der Waals surface area contributed by atoms with Crippen LogP contribution >= 0.6 is 0 Å². The minimum absolute atomic E-state index is 0.0541. The summed E-state index contributed by atoms with van der Waals surface area (Å²) < 4.78 is 42.3. The highest BCUT2D eigenvalue weighted by atomic mass is 19.3. The van der Waals surface area contributed by atoms with Crippen molar-refractivity contribution in [3.8, 4) is 5.75 Å². The number of carbonyl (C=O) groups excluding carboxylic acids is 3. The maximum atomic E-state index is 14.5. The van der Waals surface area contributed by atoms with Crippen molar-refractivity contribution >= 4 is 35.1 Å². The minimum Gasteiger partial charge on any atom is -0.495 e. The van der Waals surface area contributed by atoms with E-state index in [1.807, 2.05) is 39.5 Å². The molecule has 15 nitrogen and oxygen atoms in total. The first-order valence-electron chi connectivity index (χ1n) is 22.2. The van der Waals surface area contributed by atoms with Gasteiger partial charge in [-0.1, -0.05) is 0 Å². The first kappa shape index (κ1) is 40.1. The smallest absolute Gasteiger partial charge is 0.328 e. The summed E-state index contributed by atoms with van der Waals surface area (Å²) in [5, 5.41) is 10.6. The Morgan fingerprint density at radius 1 is 0.967 bits per heavy atom. The fourth-order valence-corrected chi connectivity index (χ4v) is 11.0. The number of nitrogens with zero attached hydrogens (tertiary/aromatic N) is 9. The molecule has 7 aliphatic heterocycles. The molecule has 1 N–H and O–H groups in total. The van der Waals surface area contributed by atoms with E-state index < -0.39 is 12.5 Å². The van der Waals surface area contributed by atoms with Gasteiger partial charge in [-0.3, -0.25) is 29.5 Å². The zero-order valence-electron chi connectivity index (χ0n) is 34.9. The molecule has 61 heavy (non-hydrogen) atoms. The standard InChI is InChI=1S/C44H56F2N10O5/c1-60-36-5-2-30(24-34(36)53-19-12-39(57)48-43(53)59)42(58)51-22-15-44(16-23-51)13-6-29(7-14-44)25-50-17-8-31(9-18-50)54-28-35(40(49-54)41(45)46)55-20-11-38-47-37(10-21-56(38)55)52-26-32-3-4-33(27-52)61-32/h2,5,10-11,21,24,28-29,31-33,41H,3-4,6-9,12-20,22-23,25-27H2,1H3,(H,48,57,59). The van der Waals surface area contributed by atoms with Crippen LogP contribution in [0.5, 0.6) is 5.75 Å². The van der Waals surface area contributed by atoms with E-state index in [9.17, 15) is 23.2 Å². The molecule has 4 amide bonds. The van der Waals surface area contributed by atoms with Crippen LogP contribution in [-0.2, 0) is 9.53 Å². The number of ether oxygens (including phenoxy) is 2. The van der Waals surface area contributed by atoms with Gasteiger partial charge in [-0.05, 0) is 106 Å². The average molecular weight is 843 g/mol. The number of methoxy groups -OCH3 is 1. The molecule has 8 aliphatic rings. The number of piperidine rings is 2. The predicted octanol–water partition coefficient (Wildman–Crippen LogP) is 5.69. The molecule has 326 valence electrons. The highest BCUT2D eigenvalue weighted by molar-refractivity contribution is 6.07. The van der Waals surface area contributed by atoms with E-state index in [4.69, 9.17) is 14.5 Å². The van der Waals surface area contributed by atoms with Gasteiger partial charge in [-0.15, -0.1) is 0 Å². The number of aromatic nitrogens is 2. The van der Waals surface area contributed by atoms with Crippen molar-refractivity contribution in [2.75, 3.05) is 75.9 Å². The number of benzene rings is 1. The van der Waals surface area contributed by atoms with Crippen molar-refractivity contribution < 1.29 is 32.6 Å². The molecule has 17 heteroatoms. The molecule has 2 aromatic rings. The summed E-state index contributed by atoms with van der Waals surface area (Å²) in [5.41, 5.74) is 1.49. The fourth-order valence-electron chi connectivity index (χ4n) is 11.0. The zero-order chi connectivity index (χ0) is 41.8. The van der Waals surface area contributed by atoms with Gasteiger partial charge in [0.05, 0.1) is 43.8 Å². The molecule has 5 saturated heterocycles. The van der Waals surface area contributed by atoms with E-state index in [0.717, 1.165) is 95.7 Å². The van der Waals surface area contributed by atoms with E-state index in [2.05, 4.69) is 20.2 Å². The third-order valence-electron chi connectivity index (χ3n) is 14.6. The largest absolute Gasteiger partial charge is 0.495 e. The number of imide groups is 1. The number of amides is 4. The number of urea groups is 1. The van der Waals surface area contributed by atoms with Gasteiger partial charge in [-0.25, -0.2) is 23.6 Å². The lowest BCUT2D eigenvalue weighted by Gasteiger charge is -2.47. The Balaban J connectivity index is 0.695. The number of aliphatic imine (C=N–C) groups is 1. The van der Waals surface area contributed by atoms with Crippen LogP contribution in [-0.4, -0.2) is 131 Å². The van der Waals surface area contributed by atoms with Gasteiger partial charge >= 0.3 is 6.03 Å². The molecule has 1 saturated carbocycles. The number of likely N-dealkylation sites (tertiary alicyclic amines) is 3. The third kappa shape index (κ3) is 7.87. The summed E-state index contributed by atoms with van der Waals surface area (Å²) >= 11 is 0. The number of carbonyl (C=O) groups is 3. The lowest BCUT2D eigenvalue weighted by Crippen LogP contribution is -2.49. The van der Waals surface area contributed by atoms with Crippen LogP contribution in [0.3, 0.4) is 0 Å². The number of alkyl halides is 2. The quantitative estimate of drug-likeness (QED) is 0.354. The van der Waals surface area contributed by atoms with Gasteiger partial charge < -0.3 is 24.2 Å². The number of rotatable bonds is 8. The van der Waals surface area contributed by atoms with Crippen LogP contribution in [0.1, 0.15) is 99.1 Å². The lowest BCUT2D eigenvalue weighted by atomic mass is 9.65. The van der Waals surface area contributed by atoms with Crippen molar-refractivity contribution in [1.29, 1.82) is 0 Å². The van der Waals surface area contributed by atoms with Crippen LogP contribution in [0.25, 0.3) is 0 Å². The molecule has 10 rings (SSSR count). The number of anilines is 2. The average Bonchev–Trinajstić information content (AvgIpc) is 4.00. The molecular formula is C44H56F2N10O5.